The summed E-state index contributed by atoms with van der Waals surface area (Å²) in [5, 5.41) is 0.572. The standard InChI is InChI=1S/C25H32ClN3O5S/c1-16-20(11-32-23(33-16)17-6-4-3-5-7-17)34-24(19(9-27)30-2)35-21-8-18(26)10-28-22(21)29-12-25(13-29)14-31-15-25/h3-8,10,16,19-20,23-24H,9,11-15,27H2,1-2H3/t16-,19+,20?,23?,24?/m1/s1. The van der Waals surface area contributed by atoms with Crippen LogP contribution in [0.15, 0.2) is 47.5 Å². The van der Waals surface area contributed by atoms with Crippen molar-refractivity contribution in [3.8, 4) is 0 Å². The van der Waals surface area contributed by atoms with Gasteiger partial charge in [-0.3, -0.25) is 0 Å². The Labute approximate surface area is 215 Å². The molecule has 3 aliphatic rings. The molecule has 35 heavy (non-hydrogen) atoms. The maximum Gasteiger partial charge on any atom is 0.184 e. The van der Waals surface area contributed by atoms with Gasteiger partial charge < -0.3 is 34.3 Å². The van der Waals surface area contributed by atoms with Crippen LogP contribution < -0.4 is 10.6 Å². The van der Waals surface area contributed by atoms with Gasteiger partial charge in [-0.05, 0) is 13.0 Å². The summed E-state index contributed by atoms with van der Waals surface area (Å²) in [5.41, 5.74) is 6.91. The zero-order valence-corrected chi connectivity index (χ0v) is 21.5. The molecule has 5 rings (SSSR count). The number of thioether (sulfide) groups is 1. The van der Waals surface area contributed by atoms with Crippen molar-refractivity contribution in [2.45, 2.75) is 41.9 Å². The molecule has 190 valence electrons. The molecular weight excluding hydrogens is 490 g/mol. The van der Waals surface area contributed by atoms with Gasteiger partial charge in [0.25, 0.3) is 0 Å². The van der Waals surface area contributed by atoms with E-state index in [4.69, 9.17) is 41.0 Å². The summed E-state index contributed by atoms with van der Waals surface area (Å²) in [6, 6.07) is 11.8. The Morgan fingerprint density at radius 2 is 2.06 bits per heavy atom. The molecule has 1 aromatic heterocycles. The summed E-state index contributed by atoms with van der Waals surface area (Å²) in [7, 11) is 1.64. The van der Waals surface area contributed by atoms with Gasteiger partial charge in [-0.25, -0.2) is 4.98 Å². The van der Waals surface area contributed by atoms with Gasteiger partial charge in [-0.15, -0.1) is 0 Å². The molecule has 3 fully saturated rings. The second-order valence-corrected chi connectivity index (χ2v) is 11.0. The molecule has 3 aliphatic heterocycles. The van der Waals surface area contributed by atoms with Gasteiger partial charge in [0, 0.05) is 38.5 Å². The van der Waals surface area contributed by atoms with Gasteiger partial charge in [0.15, 0.2) is 6.29 Å². The number of hydrogen-bond acceptors (Lipinski definition) is 9. The minimum atomic E-state index is -0.414. The second-order valence-electron chi connectivity index (χ2n) is 9.41. The number of halogens is 1. The van der Waals surface area contributed by atoms with Crippen molar-refractivity contribution in [1.82, 2.24) is 4.98 Å². The van der Waals surface area contributed by atoms with E-state index in [-0.39, 0.29) is 23.7 Å². The molecule has 1 spiro atoms. The summed E-state index contributed by atoms with van der Waals surface area (Å²) in [6.07, 6.45) is 0.464. The van der Waals surface area contributed by atoms with E-state index >= 15 is 0 Å². The number of anilines is 1. The Morgan fingerprint density at radius 1 is 1.29 bits per heavy atom. The largest absolute Gasteiger partial charge is 0.380 e. The highest BCUT2D eigenvalue weighted by Crippen LogP contribution is 2.44. The van der Waals surface area contributed by atoms with Crippen LogP contribution in [0.1, 0.15) is 18.8 Å². The second kappa shape index (κ2) is 10.9. The van der Waals surface area contributed by atoms with Gasteiger partial charge >= 0.3 is 0 Å². The van der Waals surface area contributed by atoms with E-state index in [2.05, 4.69) is 9.88 Å². The van der Waals surface area contributed by atoms with Crippen molar-refractivity contribution in [3.05, 3.63) is 53.2 Å². The number of hydrogen-bond donors (Lipinski definition) is 1. The predicted molar refractivity (Wildman–Crippen MR) is 135 cm³/mol. The van der Waals surface area contributed by atoms with Crippen LogP contribution in [-0.2, 0) is 23.7 Å². The van der Waals surface area contributed by atoms with Crippen LogP contribution in [0.3, 0.4) is 0 Å². The predicted octanol–water partition coefficient (Wildman–Crippen LogP) is 3.48. The molecule has 10 heteroatoms. The smallest absolute Gasteiger partial charge is 0.184 e. The molecule has 4 heterocycles. The van der Waals surface area contributed by atoms with Crippen LogP contribution in [0.4, 0.5) is 5.82 Å². The molecule has 1 aromatic carbocycles. The van der Waals surface area contributed by atoms with E-state index in [1.807, 2.05) is 43.3 Å². The van der Waals surface area contributed by atoms with Crippen LogP contribution >= 0.6 is 23.4 Å². The van der Waals surface area contributed by atoms with E-state index in [0.29, 0.717) is 18.2 Å². The number of methoxy groups -OCH3 is 1. The SMILES string of the molecule is CO[C@@H](CN)C(OC1COC(c2ccccc2)O[C@@H]1C)Sc1cc(Cl)cnc1N1CC2(COC2)C1. The van der Waals surface area contributed by atoms with Crippen LogP contribution in [0.25, 0.3) is 0 Å². The first-order chi connectivity index (χ1) is 17.0. The zero-order valence-electron chi connectivity index (χ0n) is 20.0. The monoisotopic (exact) mass is 521 g/mol. The molecule has 2 N–H and O–H groups in total. The van der Waals surface area contributed by atoms with Gasteiger partial charge in [0.05, 0.1) is 41.3 Å². The first kappa shape index (κ1) is 25.2. The van der Waals surface area contributed by atoms with Crippen molar-refractivity contribution in [1.29, 1.82) is 0 Å². The highest BCUT2D eigenvalue weighted by atomic mass is 35.5. The van der Waals surface area contributed by atoms with Crippen molar-refractivity contribution in [2.75, 3.05) is 51.5 Å². The Bertz CT molecular complexity index is 986. The summed E-state index contributed by atoms with van der Waals surface area (Å²) in [5.74, 6) is 0.894. The summed E-state index contributed by atoms with van der Waals surface area (Å²) >= 11 is 7.87. The number of rotatable bonds is 9. The maximum atomic E-state index is 6.53. The lowest BCUT2D eigenvalue weighted by Crippen LogP contribution is -2.66. The van der Waals surface area contributed by atoms with Crippen molar-refractivity contribution < 1.29 is 23.7 Å². The number of nitrogens with two attached hydrogens (primary N) is 1. The fourth-order valence-electron chi connectivity index (χ4n) is 4.61. The van der Waals surface area contributed by atoms with Gasteiger partial charge in [-0.1, -0.05) is 53.7 Å². The molecule has 0 saturated carbocycles. The number of pyridine rings is 1. The fraction of sp³-hybridized carbons (Fsp3) is 0.560. The average Bonchev–Trinajstić information content (AvgIpc) is 2.81. The lowest BCUT2D eigenvalue weighted by atomic mass is 9.78. The van der Waals surface area contributed by atoms with E-state index in [1.165, 1.54) is 11.8 Å². The fourth-order valence-corrected chi connectivity index (χ4v) is 6.13. The Hall–Kier alpha value is -1.43. The molecule has 5 atom stereocenters. The van der Waals surface area contributed by atoms with Gasteiger partial charge in [0.2, 0.25) is 0 Å². The highest BCUT2D eigenvalue weighted by Gasteiger charge is 2.50. The average molecular weight is 522 g/mol. The lowest BCUT2D eigenvalue weighted by Gasteiger charge is -2.55. The summed E-state index contributed by atoms with van der Waals surface area (Å²) < 4.78 is 29.8. The lowest BCUT2D eigenvalue weighted by molar-refractivity contribution is -0.266. The minimum Gasteiger partial charge on any atom is -0.380 e. The molecule has 0 radical (unpaired) electrons. The molecular formula is C25H32ClN3O5S. The molecule has 8 nitrogen and oxygen atoms in total. The third-order valence-corrected chi connectivity index (χ3v) is 8.11. The van der Waals surface area contributed by atoms with E-state index in [9.17, 15) is 0 Å². The molecule has 0 amide bonds. The van der Waals surface area contributed by atoms with Crippen molar-refractivity contribution >= 4 is 29.2 Å². The van der Waals surface area contributed by atoms with Crippen LogP contribution in [0, 0.1) is 5.41 Å². The number of ether oxygens (including phenoxy) is 5. The summed E-state index contributed by atoms with van der Waals surface area (Å²) in [4.78, 5) is 7.85. The molecule has 0 bridgehead atoms. The quantitative estimate of drug-likeness (QED) is 0.393. The normalized spacial score (nSPS) is 27.2. The van der Waals surface area contributed by atoms with Crippen molar-refractivity contribution in [3.63, 3.8) is 0 Å². The van der Waals surface area contributed by atoms with Gasteiger partial charge in [0.1, 0.15) is 23.5 Å². The van der Waals surface area contributed by atoms with E-state index in [0.717, 1.165) is 42.6 Å². The highest BCUT2D eigenvalue weighted by molar-refractivity contribution is 8.00. The Kier molecular flexibility index (Phi) is 7.86. The number of aromatic nitrogens is 1. The molecule has 0 aliphatic carbocycles. The first-order valence-corrected chi connectivity index (χ1v) is 13.1. The minimum absolute atomic E-state index is 0.182. The Morgan fingerprint density at radius 3 is 2.69 bits per heavy atom. The number of nitrogens with zero attached hydrogens (tertiary/aromatic N) is 2. The third kappa shape index (κ3) is 5.47. The first-order valence-electron chi connectivity index (χ1n) is 11.9. The van der Waals surface area contributed by atoms with Crippen LogP contribution in [-0.4, -0.2) is 75.3 Å². The van der Waals surface area contributed by atoms with E-state index in [1.54, 1.807) is 13.3 Å². The zero-order chi connectivity index (χ0) is 24.4. The molecule has 3 saturated heterocycles. The van der Waals surface area contributed by atoms with Crippen LogP contribution in [0.5, 0.6) is 0 Å². The Balaban J connectivity index is 1.29. The third-order valence-electron chi connectivity index (χ3n) is 6.70. The topological polar surface area (TPSA) is 88.3 Å². The molecule has 3 unspecified atom stereocenters. The van der Waals surface area contributed by atoms with Crippen molar-refractivity contribution in [2.24, 2.45) is 11.1 Å². The summed E-state index contributed by atoms with van der Waals surface area (Å²) in [6.45, 7) is 6.18. The maximum absolute atomic E-state index is 6.53. The molecule has 2 aromatic rings. The van der Waals surface area contributed by atoms with E-state index < -0.39 is 11.7 Å². The van der Waals surface area contributed by atoms with Crippen LogP contribution in [0.2, 0.25) is 5.02 Å². The van der Waals surface area contributed by atoms with Gasteiger partial charge in [-0.2, -0.15) is 0 Å². The number of benzene rings is 1.